The summed E-state index contributed by atoms with van der Waals surface area (Å²) in [6, 6.07) is 3.03. The van der Waals surface area contributed by atoms with Gasteiger partial charge in [-0.3, -0.25) is 10.1 Å². The number of carboxylic acids is 1. The fourth-order valence-corrected chi connectivity index (χ4v) is 2.84. The summed E-state index contributed by atoms with van der Waals surface area (Å²) in [7, 11) is 0. The third-order valence-electron chi connectivity index (χ3n) is 3.76. The number of nitro benzene ring substituents is 1. The van der Waals surface area contributed by atoms with Gasteiger partial charge in [0.25, 0.3) is 5.69 Å². The second-order valence-corrected chi connectivity index (χ2v) is 5.49. The smallest absolute Gasteiger partial charge is 0.436 e. The summed E-state index contributed by atoms with van der Waals surface area (Å²) in [5.41, 5.74) is -3.44. The minimum Gasteiger partial charge on any atom is -0.479 e. The molecule has 7 nitrogen and oxygen atoms in total. The zero-order valence-electron chi connectivity index (χ0n) is 12.2. The van der Waals surface area contributed by atoms with Crippen molar-refractivity contribution in [2.45, 2.75) is 31.3 Å². The van der Waals surface area contributed by atoms with E-state index in [9.17, 15) is 28.1 Å². The van der Waals surface area contributed by atoms with Crippen molar-refractivity contribution in [2.75, 3.05) is 11.4 Å². The Bertz CT molecular complexity index is 684. The molecule has 11 heteroatoms. The molecule has 0 unspecified atom stereocenters. The minimum absolute atomic E-state index is 0.117. The van der Waals surface area contributed by atoms with E-state index >= 15 is 0 Å². The van der Waals surface area contributed by atoms with Gasteiger partial charge in [0.2, 0.25) is 5.72 Å². The van der Waals surface area contributed by atoms with Crippen LogP contribution in [0.5, 0.6) is 0 Å². The summed E-state index contributed by atoms with van der Waals surface area (Å²) >= 11 is 5.75. The summed E-state index contributed by atoms with van der Waals surface area (Å²) in [5.74, 6) is -1.53. The van der Waals surface area contributed by atoms with Gasteiger partial charge in [-0.15, -0.1) is 0 Å². The molecule has 1 fully saturated rings. The molecule has 0 aromatic heterocycles. The van der Waals surface area contributed by atoms with E-state index in [-0.39, 0.29) is 10.7 Å². The predicted molar refractivity (Wildman–Crippen MR) is 77.0 cm³/mol. The standard InChI is InChI=1S/C13H12ClF3N2O5/c1-2-12(13(15,16)17)18(6-10(24-12)11(20)21)7-3-4-9(19(22)23)8(14)5-7/h3-5,10H,2,6H2,1H3,(H,20,21)/t10-,12+/m0/s1. The molecule has 0 aliphatic carbocycles. The zero-order chi connectivity index (χ0) is 18.3. The van der Waals surface area contributed by atoms with Gasteiger partial charge in [-0.05, 0) is 12.1 Å². The van der Waals surface area contributed by atoms with Crippen molar-refractivity contribution in [1.82, 2.24) is 0 Å². The largest absolute Gasteiger partial charge is 0.479 e. The van der Waals surface area contributed by atoms with E-state index in [1.54, 1.807) is 0 Å². The Morgan fingerprint density at radius 2 is 2.21 bits per heavy atom. The third kappa shape index (κ3) is 2.86. The maximum Gasteiger partial charge on any atom is 0.436 e. The van der Waals surface area contributed by atoms with Gasteiger partial charge in [0.05, 0.1) is 11.5 Å². The van der Waals surface area contributed by atoms with E-state index in [4.69, 9.17) is 21.4 Å². The minimum atomic E-state index is -4.89. The van der Waals surface area contributed by atoms with Crippen LogP contribution in [0.15, 0.2) is 18.2 Å². The van der Waals surface area contributed by atoms with E-state index < -0.39 is 47.6 Å². The Morgan fingerprint density at radius 3 is 2.62 bits per heavy atom. The van der Waals surface area contributed by atoms with Crippen LogP contribution in [0, 0.1) is 10.1 Å². The quantitative estimate of drug-likeness (QED) is 0.648. The van der Waals surface area contributed by atoms with Gasteiger partial charge >= 0.3 is 12.1 Å². The maximum atomic E-state index is 13.6. The summed E-state index contributed by atoms with van der Waals surface area (Å²) in [6.07, 6.45) is -7.16. The first-order chi connectivity index (χ1) is 11.0. The Kier molecular flexibility index (Phi) is 4.64. The molecule has 0 spiro atoms. The van der Waals surface area contributed by atoms with Crippen LogP contribution < -0.4 is 4.90 Å². The molecule has 1 saturated heterocycles. The highest BCUT2D eigenvalue weighted by atomic mass is 35.5. The van der Waals surface area contributed by atoms with E-state index in [0.29, 0.717) is 0 Å². The van der Waals surface area contributed by atoms with Gasteiger partial charge < -0.3 is 14.7 Å². The van der Waals surface area contributed by atoms with Gasteiger partial charge in [0.1, 0.15) is 5.02 Å². The van der Waals surface area contributed by atoms with Crippen molar-refractivity contribution >= 4 is 28.9 Å². The molecule has 1 heterocycles. The van der Waals surface area contributed by atoms with Crippen molar-refractivity contribution in [3.05, 3.63) is 33.3 Å². The van der Waals surface area contributed by atoms with Crippen molar-refractivity contribution in [3.63, 3.8) is 0 Å². The number of benzene rings is 1. The van der Waals surface area contributed by atoms with Crippen LogP contribution in [0.3, 0.4) is 0 Å². The van der Waals surface area contributed by atoms with Crippen LogP contribution in [0.4, 0.5) is 24.5 Å². The number of nitrogens with zero attached hydrogens (tertiary/aromatic N) is 2. The number of carbonyl (C=O) groups is 1. The molecule has 1 aliphatic rings. The summed E-state index contributed by atoms with van der Waals surface area (Å²) in [5, 5.41) is 19.4. The number of nitro groups is 1. The molecule has 0 saturated carbocycles. The molecule has 0 radical (unpaired) electrons. The molecule has 1 N–H and O–H groups in total. The van der Waals surface area contributed by atoms with Gasteiger partial charge in [-0.2, -0.15) is 13.2 Å². The number of aliphatic carboxylic acids is 1. The molecule has 1 aromatic carbocycles. The fraction of sp³-hybridized carbons (Fsp3) is 0.462. The lowest BCUT2D eigenvalue weighted by molar-refractivity contribution is -0.384. The van der Waals surface area contributed by atoms with Gasteiger partial charge in [-0.25, -0.2) is 4.79 Å². The van der Waals surface area contributed by atoms with Crippen molar-refractivity contribution in [3.8, 4) is 0 Å². The predicted octanol–water partition coefficient (Wildman–Crippen LogP) is 3.21. The zero-order valence-corrected chi connectivity index (χ0v) is 13.0. The number of hydrogen-bond donors (Lipinski definition) is 1. The van der Waals surface area contributed by atoms with Crippen LogP contribution in [-0.2, 0) is 9.53 Å². The lowest BCUT2D eigenvalue weighted by atomic mass is 10.1. The Hall–Kier alpha value is -2.07. The topological polar surface area (TPSA) is 92.9 Å². The van der Waals surface area contributed by atoms with Crippen LogP contribution in [0.25, 0.3) is 0 Å². The average Bonchev–Trinajstić information content (AvgIpc) is 2.87. The summed E-state index contributed by atoms with van der Waals surface area (Å²) in [4.78, 5) is 21.8. The van der Waals surface area contributed by atoms with Gasteiger partial charge in [0.15, 0.2) is 6.10 Å². The number of rotatable bonds is 4. The molecule has 1 aliphatic heterocycles. The van der Waals surface area contributed by atoms with E-state index in [1.807, 2.05) is 0 Å². The normalized spacial score (nSPS) is 24.2. The van der Waals surface area contributed by atoms with Crippen molar-refractivity contribution in [2.24, 2.45) is 0 Å². The molecule has 2 atom stereocenters. The van der Waals surface area contributed by atoms with Crippen LogP contribution >= 0.6 is 11.6 Å². The highest BCUT2D eigenvalue weighted by Gasteiger charge is 2.64. The van der Waals surface area contributed by atoms with E-state index in [2.05, 4.69) is 0 Å². The van der Waals surface area contributed by atoms with Crippen LogP contribution in [0.2, 0.25) is 5.02 Å². The first-order valence-corrected chi connectivity index (χ1v) is 7.10. The number of carboxylic acid groups (broad SMARTS) is 1. The Labute approximate surface area is 138 Å². The fourth-order valence-electron chi connectivity index (χ4n) is 2.60. The van der Waals surface area contributed by atoms with Gasteiger partial charge in [-0.1, -0.05) is 18.5 Å². The molecular weight excluding hydrogens is 357 g/mol. The van der Waals surface area contributed by atoms with Crippen LogP contribution in [0.1, 0.15) is 13.3 Å². The first kappa shape index (κ1) is 18.3. The lowest BCUT2D eigenvalue weighted by Gasteiger charge is -2.38. The van der Waals surface area contributed by atoms with Crippen molar-refractivity contribution in [1.29, 1.82) is 0 Å². The highest BCUT2D eigenvalue weighted by molar-refractivity contribution is 6.32. The second kappa shape index (κ2) is 6.10. The average molecular weight is 369 g/mol. The second-order valence-electron chi connectivity index (χ2n) is 5.08. The molecule has 0 bridgehead atoms. The first-order valence-electron chi connectivity index (χ1n) is 6.72. The van der Waals surface area contributed by atoms with Crippen LogP contribution in [-0.4, -0.2) is 40.5 Å². The molecule has 0 amide bonds. The molecule has 1 aromatic rings. The number of anilines is 1. The summed E-state index contributed by atoms with van der Waals surface area (Å²) < 4.78 is 45.6. The Balaban J connectivity index is 2.54. The molecule has 24 heavy (non-hydrogen) atoms. The Morgan fingerprint density at radius 1 is 1.58 bits per heavy atom. The SMILES string of the molecule is CC[C@]1(C(F)(F)F)O[C@H](C(=O)O)CN1c1ccc([N+](=O)[O-])c(Cl)c1. The molecule has 132 valence electrons. The number of ether oxygens (including phenoxy) is 1. The summed E-state index contributed by atoms with van der Waals surface area (Å²) in [6.45, 7) is 0.633. The maximum absolute atomic E-state index is 13.6. The number of halogens is 4. The third-order valence-corrected chi connectivity index (χ3v) is 4.06. The number of alkyl halides is 3. The van der Waals surface area contributed by atoms with E-state index in [1.165, 1.54) is 6.92 Å². The molecular formula is C13H12ClF3N2O5. The highest BCUT2D eigenvalue weighted by Crippen LogP contribution is 2.47. The lowest BCUT2D eigenvalue weighted by Crippen LogP contribution is -2.56. The number of hydrogen-bond acceptors (Lipinski definition) is 5. The van der Waals surface area contributed by atoms with E-state index in [0.717, 1.165) is 23.1 Å². The van der Waals surface area contributed by atoms with Crippen molar-refractivity contribution < 1.29 is 32.7 Å². The van der Waals surface area contributed by atoms with Gasteiger partial charge in [0, 0.05) is 18.2 Å². The monoisotopic (exact) mass is 368 g/mol. The molecule has 2 rings (SSSR count).